The second-order valence-corrected chi connectivity index (χ2v) is 10.9. The molecule has 1 spiro atoms. The molecule has 2 aromatic carbocycles. The highest BCUT2D eigenvalue weighted by molar-refractivity contribution is 6.58. The number of amides is 3. The van der Waals surface area contributed by atoms with E-state index < -0.39 is 24.8 Å². The number of hydrogen-bond donors (Lipinski definition) is 4. The van der Waals surface area contributed by atoms with E-state index in [0.29, 0.717) is 70.3 Å². The van der Waals surface area contributed by atoms with Gasteiger partial charge in [0, 0.05) is 32.7 Å². The molecule has 228 valence electrons. The fraction of sp³-hybridized carbons (Fsp3) is 0.500. The first-order valence-corrected chi connectivity index (χ1v) is 14.6. The third-order valence-corrected chi connectivity index (χ3v) is 8.02. The normalized spacial score (nSPS) is 18.3. The summed E-state index contributed by atoms with van der Waals surface area (Å²) in [5.41, 5.74) is 1.60. The lowest BCUT2D eigenvalue weighted by Gasteiger charge is -2.51. The van der Waals surface area contributed by atoms with Gasteiger partial charge in [0.15, 0.2) is 0 Å². The standard InChI is InChI=1S/C30H41BN4O6.ClH/c1-2-18-35-27(36)26(10-6-7-17-32-29(38)41-22-24-8-4-3-5-9-24)33-28(37)30(35)15-19-34(20-16-30)21-23-11-13-25(14-12-23)31(39)40;/h3-5,8-9,11-14,26,39-40H,2,6-7,10,15-22H2,1H3,(H,32,38)(H,33,37);1H/t26-;/m0./s1. The number of alkyl carbamates (subject to hydrolysis) is 1. The average molecular weight is 601 g/mol. The molecule has 12 heteroatoms. The first-order chi connectivity index (χ1) is 19.8. The molecule has 0 aliphatic carbocycles. The van der Waals surface area contributed by atoms with Crippen LogP contribution >= 0.6 is 12.4 Å². The molecule has 2 fully saturated rings. The summed E-state index contributed by atoms with van der Waals surface area (Å²) in [5.74, 6) is -0.0904. The van der Waals surface area contributed by atoms with Crippen molar-refractivity contribution in [3.05, 3.63) is 65.7 Å². The Labute approximate surface area is 254 Å². The van der Waals surface area contributed by atoms with Crippen LogP contribution < -0.4 is 16.1 Å². The number of rotatable bonds is 12. The molecule has 2 aliphatic rings. The van der Waals surface area contributed by atoms with Gasteiger partial charge in [-0.15, -0.1) is 12.4 Å². The Morgan fingerprint density at radius 2 is 1.74 bits per heavy atom. The lowest BCUT2D eigenvalue weighted by Crippen LogP contribution is -2.72. The molecule has 3 amide bonds. The number of hydrogen-bond acceptors (Lipinski definition) is 7. The molecule has 1 atom stereocenters. The minimum Gasteiger partial charge on any atom is -0.445 e. The number of piperidine rings is 1. The molecule has 0 bridgehead atoms. The zero-order valence-corrected chi connectivity index (χ0v) is 25.0. The summed E-state index contributed by atoms with van der Waals surface area (Å²) in [6.07, 6.45) is 3.31. The molecule has 2 saturated heterocycles. The van der Waals surface area contributed by atoms with Crippen LogP contribution in [0.1, 0.15) is 56.6 Å². The molecule has 0 saturated carbocycles. The molecule has 0 aromatic heterocycles. The number of ether oxygens (including phenoxy) is 1. The minimum atomic E-state index is -1.49. The van der Waals surface area contributed by atoms with E-state index in [2.05, 4.69) is 15.5 Å². The summed E-state index contributed by atoms with van der Waals surface area (Å²) < 4.78 is 5.22. The summed E-state index contributed by atoms with van der Waals surface area (Å²) in [6.45, 7) is 5.27. The van der Waals surface area contributed by atoms with E-state index in [1.165, 1.54) is 0 Å². The second kappa shape index (κ2) is 15.9. The van der Waals surface area contributed by atoms with Crippen molar-refractivity contribution in [3.8, 4) is 0 Å². The maximum absolute atomic E-state index is 13.6. The number of carbonyl (C=O) groups is 3. The van der Waals surface area contributed by atoms with Crippen LogP contribution in [0.5, 0.6) is 0 Å². The van der Waals surface area contributed by atoms with E-state index in [-0.39, 0.29) is 30.8 Å². The van der Waals surface area contributed by atoms with Gasteiger partial charge in [-0.2, -0.15) is 0 Å². The largest absolute Gasteiger partial charge is 0.488 e. The van der Waals surface area contributed by atoms with Crippen molar-refractivity contribution >= 4 is 42.9 Å². The lowest BCUT2D eigenvalue weighted by atomic mass is 9.80. The van der Waals surface area contributed by atoms with Gasteiger partial charge in [0.2, 0.25) is 11.8 Å². The van der Waals surface area contributed by atoms with E-state index in [9.17, 15) is 24.4 Å². The highest BCUT2D eigenvalue weighted by Crippen LogP contribution is 2.34. The SMILES string of the molecule is CCCN1C(=O)[C@H](CCCCNC(=O)OCc2ccccc2)NC(=O)C12CCN(Cc1ccc(B(O)O)cc1)CC2.Cl. The Bertz CT molecular complexity index is 1160. The molecule has 0 radical (unpaired) electrons. The first-order valence-electron chi connectivity index (χ1n) is 14.6. The predicted molar refractivity (Wildman–Crippen MR) is 163 cm³/mol. The Kier molecular flexibility index (Phi) is 12.7. The smallest absolute Gasteiger partial charge is 0.445 e. The van der Waals surface area contributed by atoms with Crippen molar-refractivity contribution in [1.82, 2.24) is 20.4 Å². The summed E-state index contributed by atoms with van der Waals surface area (Å²) >= 11 is 0. The highest BCUT2D eigenvalue weighted by atomic mass is 35.5. The second-order valence-electron chi connectivity index (χ2n) is 10.9. The zero-order chi connectivity index (χ0) is 29.2. The van der Waals surface area contributed by atoms with E-state index in [1.807, 2.05) is 54.3 Å². The van der Waals surface area contributed by atoms with Crippen LogP contribution in [0.2, 0.25) is 0 Å². The van der Waals surface area contributed by atoms with Crippen molar-refractivity contribution in [2.24, 2.45) is 0 Å². The maximum Gasteiger partial charge on any atom is 0.488 e. The van der Waals surface area contributed by atoms with Crippen molar-refractivity contribution in [1.29, 1.82) is 0 Å². The van der Waals surface area contributed by atoms with Crippen LogP contribution in [-0.2, 0) is 27.5 Å². The van der Waals surface area contributed by atoms with Gasteiger partial charge >= 0.3 is 13.2 Å². The number of likely N-dealkylation sites (tertiary alicyclic amines) is 1. The average Bonchev–Trinajstić information content (AvgIpc) is 2.98. The molecule has 10 nitrogen and oxygen atoms in total. The van der Waals surface area contributed by atoms with E-state index >= 15 is 0 Å². The highest BCUT2D eigenvalue weighted by Gasteiger charge is 2.53. The summed E-state index contributed by atoms with van der Waals surface area (Å²) in [7, 11) is -1.49. The lowest BCUT2D eigenvalue weighted by molar-refractivity contribution is -0.161. The molecule has 4 rings (SSSR count). The van der Waals surface area contributed by atoms with E-state index in [0.717, 1.165) is 17.5 Å². The minimum absolute atomic E-state index is 0. The number of halogens is 1. The molecule has 2 aromatic rings. The predicted octanol–water partition coefficient (Wildman–Crippen LogP) is 1.96. The molecule has 0 unspecified atom stereocenters. The molecule has 2 heterocycles. The molecular formula is C30H42BClN4O6. The van der Waals surface area contributed by atoms with Gasteiger partial charge in [0.25, 0.3) is 0 Å². The fourth-order valence-electron chi connectivity index (χ4n) is 5.69. The number of piperazine rings is 1. The van der Waals surface area contributed by atoms with Gasteiger partial charge < -0.3 is 30.3 Å². The number of unbranched alkanes of at least 4 members (excludes halogenated alkanes) is 1. The fourth-order valence-corrected chi connectivity index (χ4v) is 5.69. The van der Waals surface area contributed by atoms with Crippen LogP contribution in [0.15, 0.2) is 54.6 Å². The Morgan fingerprint density at radius 3 is 2.38 bits per heavy atom. The van der Waals surface area contributed by atoms with Crippen LogP contribution in [0.25, 0.3) is 0 Å². The monoisotopic (exact) mass is 600 g/mol. The number of benzene rings is 2. The van der Waals surface area contributed by atoms with Crippen molar-refractivity contribution in [2.75, 3.05) is 26.2 Å². The third kappa shape index (κ3) is 8.47. The molecule has 2 aliphatic heterocycles. The van der Waals surface area contributed by atoms with Crippen LogP contribution in [-0.4, -0.2) is 82.6 Å². The van der Waals surface area contributed by atoms with Crippen molar-refractivity contribution in [2.45, 2.75) is 70.2 Å². The molecular weight excluding hydrogens is 559 g/mol. The Balaban J connectivity index is 0.00000484. The van der Waals surface area contributed by atoms with Crippen LogP contribution in [0, 0.1) is 0 Å². The van der Waals surface area contributed by atoms with Crippen molar-refractivity contribution < 1.29 is 29.2 Å². The summed E-state index contributed by atoms with van der Waals surface area (Å²) in [6, 6.07) is 16.1. The molecule has 42 heavy (non-hydrogen) atoms. The van der Waals surface area contributed by atoms with Gasteiger partial charge in [-0.05, 0) is 55.1 Å². The topological polar surface area (TPSA) is 131 Å². The van der Waals surface area contributed by atoms with Crippen molar-refractivity contribution in [3.63, 3.8) is 0 Å². The van der Waals surface area contributed by atoms with E-state index in [4.69, 9.17) is 4.74 Å². The Hall–Kier alpha value is -3.12. The summed E-state index contributed by atoms with van der Waals surface area (Å²) in [5, 5.41) is 24.4. The van der Waals surface area contributed by atoms with Gasteiger partial charge in [0.1, 0.15) is 18.2 Å². The Morgan fingerprint density at radius 1 is 1.05 bits per heavy atom. The molecule has 4 N–H and O–H groups in total. The van der Waals surface area contributed by atoms with Gasteiger partial charge in [-0.3, -0.25) is 14.5 Å². The maximum atomic E-state index is 13.6. The zero-order valence-electron chi connectivity index (χ0n) is 24.2. The van der Waals surface area contributed by atoms with Gasteiger partial charge in [-0.1, -0.05) is 61.5 Å². The van der Waals surface area contributed by atoms with Crippen LogP contribution in [0.4, 0.5) is 4.79 Å². The third-order valence-electron chi connectivity index (χ3n) is 8.02. The number of carbonyl (C=O) groups excluding carboxylic acids is 3. The number of nitrogens with one attached hydrogen (secondary N) is 2. The van der Waals surface area contributed by atoms with Crippen LogP contribution in [0.3, 0.4) is 0 Å². The summed E-state index contributed by atoms with van der Waals surface area (Å²) in [4.78, 5) is 43.1. The van der Waals surface area contributed by atoms with E-state index in [1.54, 1.807) is 12.1 Å². The quantitative estimate of drug-likeness (QED) is 0.216. The van der Waals surface area contributed by atoms with Gasteiger partial charge in [0.05, 0.1) is 0 Å². The van der Waals surface area contributed by atoms with Gasteiger partial charge in [-0.25, -0.2) is 4.79 Å². The first kappa shape index (κ1) is 33.4. The number of nitrogens with zero attached hydrogens (tertiary/aromatic N) is 2.